The van der Waals surface area contributed by atoms with E-state index < -0.39 is 20.8 Å². The van der Waals surface area contributed by atoms with Gasteiger partial charge in [-0.3, -0.25) is 0 Å². The summed E-state index contributed by atoms with van der Waals surface area (Å²) in [6, 6.07) is 51.1. The van der Waals surface area contributed by atoms with Crippen LogP contribution < -0.4 is 10.4 Å². The smallest absolute Gasteiger partial charge is 0.0920 e. The van der Waals surface area contributed by atoms with Crippen LogP contribution in [0.1, 0.15) is 137 Å². The Morgan fingerprint density at radius 2 is 0.938 bits per heavy atom. The SMILES string of the molecule is CCc1cc2c(-c3cc(C(C)C)cc(C(C)C)c3)c(C)ccc2[cH-]1.CCc1cc2c(-c3cc(C(C)C)cc(C(C)C)c3)c(C)ccc2[cH-]1.[Cl][Zr][Cl].[c-]1cccc2c1[Si]c1ccccc1-2. The number of hydrogen-bond donors (Lipinski definition) is 0. The number of benzene rings is 6. The first kappa shape index (κ1) is 49.6. The van der Waals surface area contributed by atoms with E-state index in [1.807, 2.05) is 6.07 Å². The molecule has 0 saturated carbocycles. The van der Waals surface area contributed by atoms with Crippen LogP contribution in [0.5, 0.6) is 0 Å². The zero-order valence-corrected chi connectivity index (χ0v) is 45.1. The van der Waals surface area contributed by atoms with Gasteiger partial charge < -0.3 is 0 Å². The molecule has 0 N–H and O–H groups in total. The topological polar surface area (TPSA) is 0 Å². The molecule has 8 aromatic carbocycles. The molecule has 0 unspecified atom stereocenters. The summed E-state index contributed by atoms with van der Waals surface area (Å²) >= 11 is -0.826. The molecule has 0 spiro atoms. The van der Waals surface area contributed by atoms with Crippen molar-refractivity contribution in [2.24, 2.45) is 0 Å². The maximum absolute atomic E-state index is 4.93. The van der Waals surface area contributed by atoms with Crippen LogP contribution in [0.4, 0.5) is 0 Å². The van der Waals surface area contributed by atoms with Gasteiger partial charge in [0.2, 0.25) is 0 Å². The van der Waals surface area contributed by atoms with Gasteiger partial charge in [-0.05, 0) is 83.7 Å². The molecule has 330 valence electrons. The summed E-state index contributed by atoms with van der Waals surface area (Å²) in [7, 11) is 10.7. The van der Waals surface area contributed by atoms with Gasteiger partial charge in [-0.1, -0.05) is 163 Å². The summed E-state index contributed by atoms with van der Waals surface area (Å²) in [4.78, 5) is 0. The summed E-state index contributed by atoms with van der Waals surface area (Å²) < 4.78 is 0. The monoisotopic (exact) mass is 973 g/mol. The third-order valence-corrected chi connectivity index (χ3v) is 14.0. The molecule has 0 aliphatic carbocycles. The van der Waals surface area contributed by atoms with E-state index in [0.717, 1.165) is 22.4 Å². The summed E-state index contributed by atoms with van der Waals surface area (Å²) in [5.74, 6) is 2.20. The predicted molar refractivity (Wildman–Crippen MR) is 282 cm³/mol. The maximum atomic E-state index is 4.93. The van der Waals surface area contributed by atoms with E-state index in [0.29, 0.717) is 23.7 Å². The van der Waals surface area contributed by atoms with Crippen LogP contribution in [0.15, 0.2) is 127 Å². The van der Waals surface area contributed by atoms with E-state index in [4.69, 9.17) is 17.0 Å². The summed E-state index contributed by atoms with van der Waals surface area (Å²) in [6.07, 6.45) is 2.19. The minimum Gasteiger partial charge on any atom is -0.184 e. The molecule has 0 aromatic heterocycles. The van der Waals surface area contributed by atoms with Crippen LogP contribution in [-0.2, 0) is 33.7 Å². The van der Waals surface area contributed by atoms with Gasteiger partial charge in [0.15, 0.2) is 0 Å². The third-order valence-electron chi connectivity index (χ3n) is 12.7. The molecule has 8 aromatic rings. The minimum atomic E-state index is -0.826. The fourth-order valence-electron chi connectivity index (χ4n) is 8.78. The van der Waals surface area contributed by atoms with Gasteiger partial charge in [0.05, 0.1) is 9.52 Å². The Bertz CT molecular complexity index is 2570. The first-order chi connectivity index (χ1) is 30.7. The van der Waals surface area contributed by atoms with E-state index in [2.05, 4.69) is 210 Å². The Labute approximate surface area is 407 Å². The molecular formula is C60H65Cl2SiZr-3. The molecule has 0 fully saturated rings. The Morgan fingerprint density at radius 3 is 1.34 bits per heavy atom. The fraction of sp³-hybridized carbons (Fsp3) is 0.300. The van der Waals surface area contributed by atoms with Crippen molar-refractivity contribution in [3.63, 3.8) is 0 Å². The zero-order chi connectivity index (χ0) is 46.2. The summed E-state index contributed by atoms with van der Waals surface area (Å²) in [5, 5.41) is 8.37. The molecule has 2 radical (unpaired) electrons. The second kappa shape index (κ2) is 22.6. The van der Waals surface area contributed by atoms with Crippen molar-refractivity contribution in [3.8, 4) is 33.4 Å². The Balaban J connectivity index is 0.000000160. The Hall–Kier alpha value is -3.78. The molecule has 1 aliphatic heterocycles. The normalized spacial score (nSPS) is 11.6. The Morgan fingerprint density at radius 1 is 0.531 bits per heavy atom. The second-order valence-corrected chi connectivity index (χ2v) is 23.6. The molecule has 9 rings (SSSR count). The van der Waals surface area contributed by atoms with E-state index in [-0.39, 0.29) is 0 Å². The average molecular weight is 976 g/mol. The molecule has 0 nitrogen and oxygen atoms in total. The van der Waals surface area contributed by atoms with Gasteiger partial charge in [-0.15, -0.1) is 74.6 Å². The molecule has 0 amide bonds. The number of aryl methyl sites for hydroxylation is 4. The van der Waals surface area contributed by atoms with Crippen molar-refractivity contribution in [1.82, 2.24) is 0 Å². The molecular weight excluding hydrogens is 911 g/mol. The number of hydrogen-bond acceptors (Lipinski definition) is 0. The quantitative estimate of drug-likeness (QED) is 0.105. The van der Waals surface area contributed by atoms with Gasteiger partial charge in [0, 0.05) is 0 Å². The number of fused-ring (bicyclic) bond motifs is 5. The number of halogens is 2. The average Bonchev–Trinajstić information content (AvgIpc) is 4.02. The van der Waals surface area contributed by atoms with Crippen LogP contribution in [0, 0.1) is 19.9 Å². The van der Waals surface area contributed by atoms with Gasteiger partial charge in [-0.25, -0.2) is 0 Å². The minimum absolute atomic E-state index is 0.549. The maximum Gasteiger partial charge on any atom is 0.0920 e. The first-order valence-corrected chi connectivity index (χ1v) is 30.5. The van der Waals surface area contributed by atoms with Crippen LogP contribution in [0.25, 0.3) is 54.9 Å². The second-order valence-electron chi connectivity index (χ2n) is 18.6. The fourth-order valence-corrected chi connectivity index (χ4v) is 10.1. The van der Waals surface area contributed by atoms with E-state index in [1.165, 1.54) is 110 Å². The molecule has 0 atom stereocenters. The van der Waals surface area contributed by atoms with Crippen LogP contribution in [0.2, 0.25) is 0 Å². The van der Waals surface area contributed by atoms with Gasteiger partial charge in [-0.2, -0.15) is 41.6 Å². The van der Waals surface area contributed by atoms with Crippen molar-refractivity contribution in [3.05, 3.63) is 178 Å². The van der Waals surface area contributed by atoms with E-state index >= 15 is 0 Å². The molecule has 4 heteroatoms. The van der Waals surface area contributed by atoms with Crippen molar-refractivity contribution in [2.45, 2.75) is 120 Å². The molecule has 64 heavy (non-hydrogen) atoms. The van der Waals surface area contributed by atoms with E-state index in [9.17, 15) is 0 Å². The van der Waals surface area contributed by atoms with Crippen LogP contribution >= 0.6 is 17.0 Å². The van der Waals surface area contributed by atoms with Crippen molar-refractivity contribution in [2.75, 3.05) is 0 Å². The number of rotatable bonds is 8. The Kier molecular flexibility index (Phi) is 17.5. The van der Waals surface area contributed by atoms with Crippen LogP contribution in [0.3, 0.4) is 0 Å². The standard InChI is InChI=1S/2C24H29.C12H7Si.2ClH.Zr/c2*1-7-18-10-19-9-8-17(6)24(23(19)11-18)22-13-20(15(2)3)12-21(14-22)16(4)5;1-3-7-11-9(5-1)10-6-2-4-8-12(10)13-11;;;/h2*8-16H,7H2,1-6H3;1-7H;2*1H;/q3*-1;;;+2/p-2. The van der Waals surface area contributed by atoms with E-state index in [1.54, 1.807) is 0 Å². The van der Waals surface area contributed by atoms with Crippen molar-refractivity contribution < 1.29 is 20.8 Å². The first-order valence-electron chi connectivity index (χ1n) is 23.2. The van der Waals surface area contributed by atoms with Crippen LogP contribution in [-0.4, -0.2) is 9.52 Å². The van der Waals surface area contributed by atoms with Gasteiger partial charge >= 0.3 is 37.9 Å². The van der Waals surface area contributed by atoms with Gasteiger partial charge in [0.1, 0.15) is 0 Å². The predicted octanol–water partition coefficient (Wildman–Crippen LogP) is 17.2. The molecule has 0 bridgehead atoms. The van der Waals surface area contributed by atoms with Crippen molar-refractivity contribution in [1.29, 1.82) is 0 Å². The van der Waals surface area contributed by atoms with Gasteiger partial charge in [0.25, 0.3) is 0 Å². The molecule has 0 saturated heterocycles. The third kappa shape index (κ3) is 11.6. The summed E-state index contributed by atoms with van der Waals surface area (Å²) in [5.41, 5.74) is 19.7. The molecule has 1 aliphatic rings. The summed E-state index contributed by atoms with van der Waals surface area (Å²) in [6.45, 7) is 27.2. The zero-order valence-electron chi connectivity index (χ0n) is 40.1. The largest absolute Gasteiger partial charge is 0.184 e. The molecule has 1 heterocycles. The van der Waals surface area contributed by atoms with Crippen molar-refractivity contribution >= 4 is 58.5 Å².